The molecule has 4 amide bonds. The van der Waals surface area contributed by atoms with E-state index in [0.29, 0.717) is 51.6 Å². The van der Waals surface area contributed by atoms with E-state index in [9.17, 15) is 33.0 Å². The fourth-order valence-electron chi connectivity index (χ4n) is 5.95. The van der Waals surface area contributed by atoms with Gasteiger partial charge in [0, 0.05) is 42.8 Å². The van der Waals surface area contributed by atoms with Gasteiger partial charge in [0.1, 0.15) is 17.2 Å². The molecule has 15 heteroatoms. The molecule has 0 bridgehead atoms. The molecule has 2 atom stereocenters. The number of hydrogen-bond acceptors (Lipinski definition) is 10. The topological polar surface area (TPSA) is 195 Å². The van der Waals surface area contributed by atoms with E-state index in [1.54, 1.807) is 41.5 Å². The Hall–Kier alpha value is -3.36. The van der Waals surface area contributed by atoms with Crippen LogP contribution in [0.5, 0.6) is 0 Å². The maximum atomic E-state index is 12.5. The van der Waals surface area contributed by atoms with Crippen molar-refractivity contribution in [2.45, 2.75) is 162 Å². The minimum Gasteiger partial charge on any atom is -0.467 e. The Kier molecular flexibility index (Phi) is 23.4. The number of amides is 4. The number of nitrogens with one attached hydrogen (secondary N) is 4. The third-order valence-electron chi connectivity index (χ3n) is 8.49. The minimum atomic E-state index is -2.34. The number of unbranched alkanes of at least 4 members (excludes halogenated alkanes) is 2. The van der Waals surface area contributed by atoms with Crippen molar-refractivity contribution in [3.63, 3.8) is 0 Å². The highest BCUT2D eigenvalue weighted by Gasteiger charge is 2.29. The molecule has 4 N–H and O–H groups in total. The minimum absolute atomic E-state index is 0. The average molecular weight is 789 g/mol. The largest absolute Gasteiger partial charge is 0.467 e. The van der Waals surface area contributed by atoms with Crippen LogP contribution in [0.25, 0.3) is 0 Å². The van der Waals surface area contributed by atoms with E-state index >= 15 is 0 Å². The molecule has 0 spiro atoms. The quantitative estimate of drug-likeness (QED) is 0.0638. The van der Waals surface area contributed by atoms with E-state index in [1.807, 2.05) is 0 Å². The monoisotopic (exact) mass is 788 g/mol. The zero-order valence-corrected chi connectivity index (χ0v) is 34.5. The molecule has 0 saturated heterocycles. The zero-order chi connectivity index (χ0) is 40.2. The van der Waals surface area contributed by atoms with Gasteiger partial charge in [0.25, 0.3) is 0 Å². The first-order valence-corrected chi connectivity index (χ1v) is 21.5. The molecule has 2 saturated carbocycles. The molecule has 0 unspecified atom stereocenters. The lowest BCUT2D eigenvalue weighted by molar-refractivity contribution is -0.145. The van der Waals surface area contributed by atoms with Crippen LogP contribution < -0.4 is 21.3 Å². The second kappa shape index (κ2) is 24.9. The van der Waals surface area contributed by atoms with Gasteiger partial charge in [0.2, 0.25) is 11.8 Å². The molecule has 0 aliphatic heterocycles. The van der Waals surface area contributed by atoms with Gasteiger partial charge in [-0.05, 0) is 115 Å². The summed E-state index contributed by atoms with van der Waals surface area (Å²) in [7, 11) is -1.02. The van der Waals surface area contributed by atoms with Crippen LogP contribution in [-0.4, -0.2) is 101 Å². The first-order valence-electron chi connectivity index (χ1n) is 19.0. The van der Waals surface area contributed by atoms with Crippen molar-refractivity contribution in [2.24, 2.45) is 11.8 Å². The SMILES string of the molecule is C.CC(C)(C)OC(=O)NCCCC[C@H](NC(=O)C1CCCC1)C(=O)C=S(C)(C)=O.COC(=O)[C@H](CCCCNC(=O)OC(C)(C)C)NC(=O)C1CCCC1. The van der Waals surface area contributed by atoms with Gasteiger partial charge in [-0.15, -0.1) is 0 Å². The lowest BCUT2D eigenvalue weighted by Gasteiger charge is -2.20. The van der Waals surface area contributed by atoms with Gasteiger partial charge in [-0.3, -0.25) is 18.6 Å². The fraction of sp³-hybridized carbons (Fsp3) is 0.821. The number of Topliss-reactive ketones (excluding diaryl/α,β-unsaturated/α-hetero) is 1. The molecular formula is C39H72N4O10S. The Bertz CT molecular complexity index is 1310. The number of ether oxygens (including phenoxy) is 3. The molecule has 0 heterocycles. The summed E-state index contributed by atoms with van der Waals surface area (Å²) < 4.78 is 27.1. The first-order chi connectivity index (χ1) is 24.6. The average Bonchev–Trinajstić information content (AvgIpc) is 3.76. The zero-order valence-electron chi connectivity index (χ0n) is 33.7. The summed E-state index contributed by atoms with van der Waals surface area (Å²) in [6.45, 7) is 11.7. The highest BCUT2D eigenvalue weighted by molar-refractivity contribution is 8.01. The number of esters is 1. The van der Waals surface area contributed by atoms with Gasteiger partial charge in [0.15, 0.2) is 5.78 Å². The maximum Gasteiger partial charge on any atom is 0.407 e. The molecule has 0 aromatic carbocycles. The summed E-state index contributed by atoms with van der Waals surface area (Å²) in [5.74, 6) is -0.889. The molecule has 0 radical (unpaired) electrons. The molecule has 54 heavy (non-hydrogen) atoms. The van der Waals surface area contributed by atoms with Gasteiger partial charge in [-0.2, -0.15) is 0 Å². The van der Waals surface area contributed by atoms with E-state index < -0.39 is 51.0 Å². The number of alkyl carbamates (subject to hydrolysis) is 2. The smallest absolute Gasteiger partial charge is 0.407 e. The second-order valence-electron chi connectivity index (χ2n) is 16.3. The third-order valence-corrected chi connectivity index (χ3v) is 9.29. The number of methoxy groups -OCH3 is 1. The summed E-state index contributed by atoms with van der Waals surface area (Å²) in [5, 5.41) is 12.3. The summed E-state index contributed by atoms with van der Waals surface area (Å²) in [4.78, 5) is 72.1. The molecule has 2 aliphatic rings. The van der Waals surface area contributed by atoms with E-state index in [4.69, 9.17) is 14.2 Å². The fourth-order valence-corrected chi connectivity index (χ4v) is 6.67. The molecule has 2 rings (SSSR count). The normalized spacial score (nSPS) is 15.9. The van der Waals surface area contributed by atoms with Crippen LogP contribution in [0.2, 0.25) is 0 Å². The van der Waals surface area contributed by atoms with E-state index in [-0.39, 0.29) is 36.9 Å². The Morgan fingerprint density at radius 3 is 1.39 bits per heavy atom. The molecule has 14 nitrogen and oxygen atoms in total. The molecule has 2 fully saturated rings. The second-order valence-corrected chi connectivity index (χ2v) is 19.1. The lowest BCUT2D eigenvalue weighted by Crippen LogP contribution is -2.44. The summed E-state index contributed by atoms with van der Waals surface area (Å²) >= 11 is 0. The molecular weight excluding hydrogens is 717 g/mol. The van der Waals surface area contributed by atoms with Crippen molar-refractivity contribution in [1.82, 2.24) is 21.3 Å². The summed E-state index contributed by atoms with van der Waals surface area (Å²) in [5.41, 5.74) is -1.07. The molecule has 314 valence electrons. The van der Waals surface area contributed by atoms with Crippen molar-refractivity contribution in [2.75, 3.05) is 32.7 Å². The molecule has 0 aromatic heterocycles. The van der Waals surface area contributed by atoms with Crippen molar-refractivity contribution in [3.05, 3.63) is 0 Å². The van der Waals surface area contributed by atoms with Crippen molar-refractivity contribution < 1.29 is 47.2 Å². The summed E-state index contributed by atoms with van der Waals surface area (Å²) in [6.07, 6.45) is 13.4. The van der Waals surface area contributed by atoms with E-state index in [0.717, 1.165) is 51.4 Å². The molecule has 0 aromatic rings. The standard InChI is InChI=1S/C20H36N2O5S.C18H32N2O5.CH4/c1-20(2,3)27-19(25)21-13-9-8-12-16(17(23)14-28(4,5)26)22-18(24)15-10-6-7-11-15;1-18(2,3)25-17(23)19-12-8-7-11-14(16(22)24-4)20-15(21)13-9-5-6-10-13;/h14-16H,6-13H2,1-5H3,(H,21,25)(H,22,24);13-14H,5-12H2,1-4H3,(H,19,23)(H,20,21);1H4/t16-;14-;/m00./s1. The van der Waals surface area contributed by atoms with Gasteiger partial charge in [-0.25, -0.2) is 14.4 Å². The van der Waals surface area contributed by atoms with E-state index in [1.165, 1.54) is 25.0 Å². The highest BCUT2D eigenvalue weighted by Crippen LogP contribution is 2.26. The first kappa shape index (κ1) is 50.6. The van der Waals surface area contributed by atoms with Gasteiger partial charge in [0.05, 0.1) is 13.2 Å². The lowest BCUT2D eigenvalue weighted by atomic mass is 10.0. The van der Waals surface area contributed by atoms with Crippen LogP contribution in [0, 0.1) is 11.8 Å². The molecule has 2 aliphatic carbocycles. The Labute approximate surface area is 325 Å². The van der Waals surface area contributed by atoms with Crippen LogP contribution in [0.1, 0.15) is 139 Å². The number of carbonyl (C=O) groups excluding carboxylic acids is 6. The number of ketones is 1. The number of hydrogen-bond donors (Lipinski definition) is 4. The Morgan fingerprint density at radius 1 is 0.667 bits per heavy atom. The van der Waals surface area contributed by atoms with Gasteiger partial charge in [-0.1, -0.05) is 33.1 Å². The van der Waals surface area contributed by atoms with Crippen molar-refractivity contribution in [1.29, 1.82) is 0 Å². The van der Waals surface area contributed by atoms with Crippen LogP contribution in [-0.2, 0) is 42.9 Å². The van der Waals surface area contributed by atoms with Crippen molar-refractivity contribution in [3.8, 4) is 0 Å². The summed E-state index contributed by atoms with van der Waals surface area (Å²) in [6, 6.07) is -1.30. The van der Waals surface area contributed by atoms with Gasteiger partial charge < -0.3 is 35.5 Å². The predicted molar refractivity (Wildman–Crippen MR) is 214 cm³/mol. The number of rotatable bonds is 17. The van der Waals surface area contributed by atoms with Crippen LogP contribution in [0.4, 0.5) is 9.59 Å². The van der Waals surface area contributed by atoms with E-state index in [2.05, 4.69) is 21.3 Å². The highest BCUT2D eigenvalue weighted by atomic mass is 32.2. The number of carbonyl (C=O) groups is 6. The van der Waals surface area contributed by atoms with Crippen LogP contribution in [0.3, 0.4) is 0 Å². The maximum absolute atomic E-state index is 12.5. The third kappa shape index (κ3) is 24.1. The Morgan fingerprint density at radius 2 is 1.04 bits per heavy atom. The Balaban J connectivity index is 0.00000103. The van der Waals surface area contributed by atoms with Crippen LogP contribution >= 0.6 is 0 Å². The van der Waals surface area contributed by atoms with Gasteiger partial charge >= 0.3 is 18.2 Å². The predicted octanol–water partition coefficient (Wildman–Crippen LogP) is 5.44. The van der Waals surface area contributed by atoms with Crippen molar-refractivity contribution >= 4 is 50.6 Å². The van der Waals surface area contributed by atoms with Crippen LogP contribution in [0.15, 0.2) is 0 Å².